The molecule has 340 valence electrons. The number of ether oxygens (including phenoxy) is 2. The van der Waals surface area contributed by atoms with Gasteiger partial charge in [-0.15, -0.1) is 0 Å². The van der Waals surface area contributed by atoms with E-state index in [9.17, 15) is 29.7 Å². The Morgan fingerprint density at radius 3 is 1.61 bits per heavy atom. The highest BCUT2D eigenvalue weighted by molar-refractivity contribution is 5.82. The van der Waals surface area contributed by atoms with Crippen LogP contribution >= 0.6 is 0 Å². The lowest BCUT2D eigenvalue weighted by atomic mass is 9.95. The molecule has 0 spiro atoms. The van der Waals surface area contributed by atoms with Crippen LogP contribution in [0.25, 0.3) is 0 Å². The van der Waals surface area contributed by atoms with E-state index >= 15 is 0 Å². The summed E-state index contributed by atoms with van der Waals surface area (Å²) < 4.78 is 11.3. The summed E-state index contributed by atoms with van der Waals surface area (Å²) in [5.74, 6) is -0.665. The third-order valence-electron chi connectivity index (χ3n) is 11.5. The van der Waals surface area contributed by atoms with E-state index in [2.05, 4.69) is 29.8 Å². The van der Waals surface area contributed by atoms with Crippen LogP contribution in [0, 0.1) is 0 Å². The number of hydrogen-bond donors (Lipinski definition) is 6. The Hall–Kier alpha value is -2.93. The molecular weight excluding hydrogens is 749 g/mol. The van der Waals surface area contributed by atoms with Gasteiger partial charge in [-0.2, -0.15) is 0 Å². The number of hydrogen-bond acceptors (Lipinski definition) is 8. The average molecular weight is 833 g/mol. The number of aliphatic hydroxyl groups is 3. The van der Waals surface area contributed by atoms with Gasteiger partial charge < -0.3 is 40.7 Å². The molecule has 0 aromatic heterocycles. The average Bonchev–Trinajstić information content (AvgIpc) is 3.24. The highest BCUT2D eigenvalue weighted by Crippen LogP contribution is 2.25. The Morgan fingerprint density at radius 2 is 1.12 bits per heavy atom. The molecule has 0 aliphatic carbocycles. The first-order chi connectivity index (χ1) is 28.8. The summed E-state index contributed by atoms with van der Waals surface area (Å²) in [5, 5.41) is 40.2. The van der Waals surface area contributed by atoms with Gasteiger partial charge in [0.1, 0.15) is 37.5 Å². The lowest BCUT2D eigenvalue weighted by Crippen LogP contribution is -2.70. The number of aliphatic hydroxyl groups excluding tert-OH is 3. The van der Waals surface area contributed by atoms with E-state index in [1.54, 1.807) is 0 Å². The monoisotopic (exact) mass is 833 g/mol. The van der Waals surface area contributed by atoms with Gasteiger partial charge in [-0.25, -0.2) is 9.59 Å². The normalized spacial score (nSPS) is 19.0. The van der Waals surface area contributed by atoms with E-state index < -0.39 is 61.8 Å². The molecule has 1 aliphatic rings. The molecule has 12 nitrogen and oxygen atoms in total. The predicted octanol–water partition coefficient (Wildman–Crippen LogP) is 9.03. The van der Waals surface area contributed by atoms with Crippen LogP contribution in [0.2, 0.25) is 0 Å². The third-order valence-corrected chi connectivity index (χ3v) is 11.5. The topological polar surface area (TPSA) is 170 Å². The number of alkyl carbamates (subject to hydrolysis) is 1. The second-order valence-corrected chi connectivity index (χ2v) is 16.6. The van der Waals surface area contributed by atoms with Crippen molar-refractivity contribution in [2.75, 3.05) is 26.2 Å². The van der Waals surface area contributed by atoms with Crippen molar-refractivity contribution in [1.82, 2.24) is 20.9 Å². The molecule has 4 amide bonds. The second-order valence-electron chi connectivity index (χ2n) is 16.6. The first-order valence-corrected chi connectivity index (χ1v) is 23.7. The summed E-state index contributed by atoms with van der Waals surface area (Å²) in [5.41, 5.74) is 0.792. The van der Waals surface area contributed by atoms with Gasteiger partial charge >= 0.3 is 12.1 Å². The Labute approximate surface area is 357 Å². The quantitative estimate of drug-likeness (QED) is 0.0368. The molecule has 6 N–H and O–H groups in total. The minimum absolute atomic E-state index is 0.0305. The van der Waals surface area contributed by atoms with E-state index in [4.69, 9.17) is 9.47 Å². The number of nitrogens with zero attached hydrogens (tertiary/aromatic N) is 1. The standard InChI is InChI=1S/C47H84N4O8/c1-3-5-7-9-11-13-15-16-17-18-19-20-21-23-25-30-34-48-46(56)51(35-31-26-24-22-14-12-10-8-6-4-2)45-42(44(55)43(54)40(37-52)59-45)50-41(53)36-49-47(57)58-38-39-32-28-27-29-33-39/h27-29,32-33,40,42-45,52,54-55H,3-26,30-31,34-38H2,1-2H3,(H,48,56)(H,49,57)(H,50,53)/t40-,42-,43+,44-,45-/m1/s1. The van der Waals surface area contributed by atoms with Crippen molar-refractivity contribution >= 4 is 18.0 Å². The maximum atomic E-state index is 13.9. The maximum absolute atomic E-state index is 13.9. The van der Waals surface area contributed by atoms with Gasteiger partial charge in [0.05, 0.1) is 6.61 Å². The van der Waals surface area contributed by atoms with Crippen molar-refractivity contribution in [2.24, 2.45) is 0 Å². The van der Waals surface area contributed by atoms with Crippen LogP contribution in [0.3, 0.4) is 0 Å². The number of nitrogens with one attached hydrogen (secondary N) is 3. The van der Waals surface area contributed by atoms with E-state index in [1.807, 2.05) is 30.3 Å². The van der Waals surface area contributed by atoms with Crippen molar-refractivity contribution in [1.29, 1.82) is 0 Å². The zero-order valence-electron chi connectivity index (χ0n) is 37.0. The zero-order valence-corrected chi connectivity index (χ0v) is 37.0. The fourth-order valence-corrected chi connectivity index (χ4v) is 7.77. The molecule has 1 aromatic carbocycles. The Kier molecular flexibility index (Phi) is 30.7. The van der Waals surface area contributed by atoms with E-state index in [1.165, 1.54) is 127 Å². The van der Waals surface area contributed by atoms with Crippen LogP contribution < -0.4 is 16.0 Å². The number of rotatable bonds is 35. The van der Waals surface area contributed by atoms with Crippen LogP contribution in [-0.2, 0) is 20.9 Å². The molecule has 0 radical (unpaired) electrons. The SMILES string of the molecule is CCCCCCCCCCCCCCCCCCNC(=O)N(CCCCCCCCCCCC)[C@@H]1O[C@H](CO)[C@H](O)[C@H](O)[C@H]1NC(=O)CNC(=O)OCc1ccccc1. The summed E-state index contributed by atoms with van der Waals surface area (Å²) in [4.78, 5) is 40.8. The fourth-order valence-electron chi connectivity index (χ4n) is 7.77. The van der Waals surface area contributed by atoms with Gasteiger partial charge in [0.15, 0.2) is 6.23 Å². The molecule has 0 bridgehead atoms. The largest absolute Gasteiger partial charge is 0.445 e. The lowest BCUT2D eigenvalue weighted by molar-refractivity contribution is -0.224. The highest BCUT2D eigenvalue weighted by Gasteiger charge is 2.48. The summed E-state index contributed by atoms with van der Waals surface area (Å²) in [6.45, 7) is 4.23. The molecule has 1 heterocycles. The minimum Gasteiger partial charge on any atom is -0.445 e. The summed E-state index contributed by atoms with van der Waals surface area (Å²) in [6.07, 6.45) is 25.2. The van der Waals surface area contributed by atoms with Gasteiger partial charge in [-0.3, -0.25) is 9.69 Å². The molecule has 5 atom stereocenters. The molecular formula is C47H84N4O8. The molecule has 59 heavy (non-hydrogen) atoms. The van der Waals surface area contributed by atoms with Crippen LogP contribution in [0.1, 0.15) is 186 Å². The zero-order chi connectivity index (χ0) is 42.8. The van der Waals surface area contributed by atoms with Crippen molar-refractivity contribution in [3.8, 4) is 0 Å². The van der Waals surface area contributed by atoms with Gasteiger partial charge in [0.25, 0.3) is 0 Å². The molecule has 2 rings (SSSR count). The van der Waals surface area contributed by atoms with Gasteiger partial charge in [-0.05, 0) is 18.4 Å². The van der Waals surface area contributed by atoms with Crippen LogP contribution in [-0.4, -0.2) is 95.1 Å². The molecule has 1 aromatic rings. The number of carbonyl (C=O) groups excluding carboxylic acids is 3. The van der Waals surface area contributed by atoms with Gasteiger partial charge in [0, 0.05) is 13.1 Å². The Balaban J connectivity index is 1.89. The Morgan fingerprint density at radius 1 is 0.644 bits per heavy atom. The van der Waals surface area contributed by atoms with Crippen molar-refractivity contribution in [3.05, 3.63) is 35.9 Å². The highest BCUT2D eigenvalue weighted by atomic mass is 16.6. The second kappa shape index (κ2) is 34.7. The summed E-state index contributed by atoms with van der Waals surface area (Å²) >= 11 is 0. The summed E-state index contributed by atoms with van der Waals surface area (Å²) in [6, 6.07) is 7.52. The number of urea groups is 1. The van der Waals surface area contributed by atoms with Crippen molar-refractivity contribution in [2.45, 2.75) is 218 Å². The Bertz CT molecular complexity index is 1190. The van der Waals surface area contributed by atoms with Crippen molar-refractivity contribution in [3.63, 3.8) is 0 Å². The molecule has 1 aliphatic heterocycles. The first-order valence-electron chi connectivity index (χ1n) is 23.7. The van der Waals surface area contributed by atoms with Crippen LogP contribution in [0.5, 0.6) is 0 Å². The number of unbranched alkanes of at least 4 members (excludes halogenated alkanes) is 24. The number of carbonyl (C=O) groups is 3. The van der Waals surface area contributed by atoms with Crippen LogP contribution in [0.4, 0.5) is 9.59 Å². The number of benzene rings is 1. The van der Waals surface area contributed by atoms with Crippen molar-refractivity contribution < 1.29 is 39.2 Å². The molecule has 0 unspecified atom stereocenters. The number of amides is 4. The van der Waals surface area contributed by atoms with E-state index in [0.29, 0.717) is 19.5 Å². The van der Waals surface area contributed by atoms with E-state index in [0.717, 1.165) is 44.1 Å². The molecule has 1 saturated heterocycles. The van der Waals surface area contributed by atoms with Crippen LogP contribution in [0.15, 0.2) is 30.3 Å². The smallest absolute Gasteiger partial charge is 0.407 e. The lowest BCUT2D eigenvalue weighted by Gasteiger charge is -2.46. The predicted molar refractivity (Wildman–Crippen MR) is 236 cm³/mol. The molecule has 12 heteroatoms. The molecule has 0 saturated carbocycles. The van der Waals surface area contributed by atoms with Gasteiger partial charge in [-0.1, -0.05) is 198 Å². The maximum Gasteiger partial charge on any atom is 0.407 e. The van der Waals surface area contributed by atoms with E-state index in [-0.39, 0.29) is 6.61 Å². The summed E-state index contributed by atoms with van der Waals surface area (Å²) in [7, 11) is 0. The first kappa shape index (κ1) is 52.2. The third kappa shape index (κ3) is 24.2. The minimum atomic E-state index is -1.55. The van der Waals surface area contributed by atoms with Gasteiger partial charge in [0.2, 0.25) is 5.91 Å². The molecule has 1 fully saturated rings. The fraction of sp³-hybridized carbons (Fsp3) is 0.809.